The molecule has 1 aromatic heterocycles. The second kappa shape index (κ2) is 4.72. The monoisotopic (exact) mass is 229 g/mol. The maximum absolute atomic E-state index is 5.63. The average Bonchev–Trinajstić information content (AvgIpc) is 2.64. The molecule has 17 heavy (non-hydrogen) atoms. The molecule has 0 aliphatic heterocycles. The smallest absolute Gasteiger partial charge is 0.0715 e. The van der Waals surface area contributed by atoms with E-state index in [2.05, 4.69) is 49.2 Å². The van der Waals surface area contributed by atoms with E-state index in [0.29, 0.717) is 6.54 Å². The molecule has 1 heterocycles. The molecule has 0 bridgehead atoms. The molecular weight excluding hydrogens is 210 g/mol. The van der Waals surface area contributed by atoms with Crippen molar-refractivity contribution < 1.29 is 0 Å². The van der Waals surface area contributed by atoms with Crippen molar-refractivity contribution in [3.63, 3.8) is 0 Å². The topological polar surface area (TPSA) is 54.7 Å². The number of nitrogens with two attached hydrogens (primary N) is 1. The first kappa shape index (κ1) is 11.9. The lowest BCUT2D eigenvalue weighted by Gasteiger charge is -2.08. The number of aromatic amines is 1. The quantitative estimate of drug-likeness (QED) is 0.849. The molecule has 0 radical (unpaired) electrons. The summed E-state index contributed by atoms with van der Waals surface area (Å²) < 4.78 is 0. The SMILES string of the molecule is Cc1ccc(C)c(-c2c(CCN)n[nH]c2C)c1. The van der Waals surface area contributed by atoms with Gasteiger partial charge in [0.2, 0.25) is 0 Å². The van der Waals surface area contributed by atoms with Gasteiger partial charge in [-0.1, -0.05) is 23.8 Å². The van der Waals surface area contributed by atoms with Crippen LogP contribution in [0.15, 0.2) is 18.2 Å². The standard InChI is InChI=1S/C14H19N3/c1-9-4-5-10(2)12(8-9)14-11(3)16-17-13(14)6-7-15/h4-5,8H,6-7,15H2,1-3H3,(H,16,17). The van der Waals surface area contributed by atoms with Crippen LogP contribution < -0.4 is 5.73 Å². The van der Waals surface area contributed by atoms with Gasteiger partial charge in [0.1, 0.15) is 0 Å². The van der Waals surface area contributed by atoms with Gasteiger partial charge in [-0.2, -0.15) is 5.10 Å². The Hall–Kier alpha value is -1.61. The van der Waals surface area contributed by atoms with Crippen LogP contribution in [0.5, 0.6) is 0 Å². The number of nitrogens with zero attached hydrogens (tertiary/aromatic N) is 1. The minimum Gasteiger partial charge on any atom is -0.330 e. The first-order chi connectivity index (χ1) is 8.13. The van der Waals surface area contributed by atoms with Gasteiger partial charge in [0.05, 0.1) is 5.69 Å². The van der Waals surface area contributed by atoms with E-state index in [-0.39, 0.29) is 0 Å². The summed E-state index contributed by atoms with van der Waals surface area (Å²) in [4.78, 5) is 0. The van der Waals surface area contributed by atoms with E-state index in [9.17, 15) is 0 Å². The lowest BCUT2D eigenvalue weighted by Crippen LogP contribution is -2.04. The van der Waals surface area contributed by atoms with Gasteiger partial charge in [0.15, 0.2) is 0 Å². The van der Waals surface area contributed by atoms with E-state index in [1.807, 2.05) is 0 Å². The van der Waals surface area contributed by atoms with Crippen LogP contribution in [-0.4, -0.2) is 16.7 Å². The van der Waals surface area contributed by atoms with E-state index in [1.165, 1.54) is 22.3 Å². The van der Waals surface area contributed by atoms with E-state index < -0.39 is 0 Å². The Morgan fingerprint density at radius 3 is 2.71 bits per heavy atom. The van der Waals surface area contributed by atoms with Crippen molar-refractivity contribution in [2.45, 2.75) is 27.2 Å². The first-order valence-corrected chi connectivity index (χ1v) is 5.95. The van der Waals surface area contributed by atoms with E-state index in [1.54, 1.807) is 0 Å². The Morgan fingerprint density at radius 2 is 2.00 bits per heavy atom. The molecule has 3 N–H and O–H groups in total. The van der Waals surface area contributed by atoms with Crippen LogP contribution >= 0.6 is 0 Å². The molecule has 1 aromatic carbocycles. The van der Waals surface area contributed by atoms with Crippen molar-refractivity contribution in [3.05, 3.63) is 40.7 Å². The molecule has 2 rings (SSSR count). The van der Waals surface area contributed by atoms with Crippen molar-refractivity contribution in [3.8, 4) is 11.1 Å². The molecule has 0 atom stereocenters. The number of H-pyrrole nitrogens is 1. The van der Waals surface area contributed by atoms with E-state index >= 15 is 0 Å². The Morgan fingerprint density at radius 1 is 1.24 bits per heavy atom. The second-order valence-corrected chi connectivity index (χ2v) is 4.53. The van der Waals surface area contributed by atoms with Gasteiger partial charge in [-0.25, -0.2) is 0 Å². The molecule has 3 nitrogen and oxygen atoms in total. The van der Waals surface area contributed by atoms with Crippen LogP contribution in [0.3, 0.4) is 0 Å². The normalized spacial score (nSPS) is 10.8. The number of nitrogens with one attached hydrogen (secondary N) is 1. The molecule has 0 saturated heterocycles. The van der Waals surface area contributed by atoms with Gasteiger partial charge in [0.25, 0.3) is 0 Å². The van der Waals surface area contributed by atoms with E-state index in [4.69, 9.17) is 5.73 Å². The fourth-order valence-electron chi connectivity index (χ4n) is 2.16. The van der Waals surface area contributed by atoms with Gasteiger partial charge in [-0.05, 0) is 38.4 Å². The molecule has 0 aliphatic rings. The third-order valence-corrected chi connectivity index (χ3v) is 3.07. The van der Waals surface area contributed by atoms with Gasteiger partial charge >= 0.3 is 0 Å². The highest BCUT2D eigenvalue weighted by Crippen LogP contribution is 2.29. The predicted molar refractivity (Wildman–Crippen MR) is 71.0 cm³/mol. The Balaban J connectivity index is 2.58. The molecule has 0 fully saturated rings. The van der Waals surface area contributed by atoms with Crippen LogP contribution in [0.4, 0.5) is 0 Å². The third kappa shape index (κ3) is 2.24. The largest absolute Gasteiger partial charge is 0.330 e. The Kier molecular flexibility index (Phi) is 3.29. The maximum atomic E-state index is 5.63. The molecule has 0 aliphatic carbocycles. The molecule has 0 saturated carbocycles. The number of hydrogen-bond donors (Lipinski definition) is 2. The number of hydrogen-bond acceptors (Lipinski definition) is 2. The van der Waals surface area contributed by atoms with Gasteiger partial charge in [-0.3, -0.25) is 5.10 Å². The average molecular weight is 229 g/mol. The van der Waals surface area contributed by atoms with E-state index in [0.717, 1.165) is 17.8 Å². The predicted octanol–water partition coefficient (Wildman–Crippen LogP) is 2.50. The summed E-state index contributed by atoms with van der Waals surface area (Å²) in [6.07, 6.45) is 0.813. The summed E-state index contributed by atoms with van der Waals surface area (Å²) in [5.74, 6) is 0. The summed E-state index contributed by atoms with van der Waals surface area (Å²) in [5.41, 5.74) is 12.8. The lowest BCUT2D eigenvalue weighted by atomic mass is 9.96. The summed E-state index contributed by atoms with van der Waals surface area (Å²) in [6, 6.07) is 6.51. The van der Waals surface area contributed by atoms with Crippen LogP contribution in [0.2, 0.25) is 0 Å². The minimum atomic E-state index is 0.627. The van der Waals surface area contributed by atoms with Crippen LogP contribution in [0, 0.1) is 20.8 Å². The molecule has 0 amide bonds. The number of benzene rings is 1. The Labute approximate surface area is 102 Å². The van der Waals surface area contributed by atoms with Crippen molar-refractivity contribution in [1.29, 1.82) is 0 Å². The fourth-order valence-corrected chi connectivity index (χ4v) is 2.16. The summed E-state index contributed by atoms with van der Waals surface area (Å²) in [6.45, 7) is 6.93. The lowest BCUT2D eigenvalue weighted by molar-refractivity contribution is 0.899. The third-order valence-electron chi connectivity index (χ3n) is 3.07. The molecule has 3 heteroatoms. The zero-order valence-electron chi connectivity index (χ0n) is 10.7. The van der Waals surface area contributed by atoms with Crippen molar-refractivity contribution in [1.82, 2.24) is 10.2 Å². The number of aryl methyl sites for hydroxylation is 3. The number of aromatic nitrogens is 2. The maximum Gasteiger partial charge on any atom is 0.0715 e. The van der Waals surface area contributed by atoms with Crippen molar-refractivity contribution in [2.75, 3.05) is 6.54 Å². The molecule has 2 aromatic rings. The van der Waals surface area contributed by atoms with Crippen LogP contribution in [-0.2, 0) is 6.42 Å². The van der Waals surface area contributed by atoms with Crippen molar-refractivity contribution >= 4 is 0 Å². The Bertz CT molecular complexity index is 526. The summed E-state index contributed by atoms with van der Waals surface area (Å²) in [5, 5.41) is 7.41. The fraction of sp³-hybridized carbons (Fsp3) is 0.357. The summed E-state index contributed by atoms with van der Waals surface area (Å²) in [7, 11) is 0. The van der Waals surface area contributed by atoms with Crippen molar-refractivity contribution in [2.24, 2.45) is 5.73 Å². The number of rotatable bonds is 3. The highest BCUT2D eigenvalue weighted by molar-refractivity contribution is 5.72. The zero-order valence-corrected chi connectivity index (χ0v) is 10.7. The van der Waals surface area contributed by atoms with Gasteiger partial charge < -0.3 is 5.73 Å². The molecule has 0 spiro atoms. The first-order valence-electron chi connectivity index (χ1n) is 5.95. The summed E-state index contributed by atoms with van der Waals surface area (Å²) >= 11 is 0. The van der Waals surface area contributed by atoms with Crippen LogP contribution in [0.1, 0.15) is 22.5 Å². The minimum absolute atomic E-state index is 0.627. The van der Waals surface area contributed by atoms with Gasteiger partial charge in [-0.15, -0.1) is 0 Å². The van der Waals surface area contributed by atoms with Crippen LogP contribution in [0.25, 0.3) is 11.1 Å². The highest BCUT2D eigenvalue weighted by Gasteiger charge is 2.13. The molecular formula is C14H19N3. The molecule has 0 unspecified atom stereocenters. The highest BCUT2D eigenvalue weighted by atomic mass is 15.1. The zero-order chi connectivity index (χ0) is 12.4. The van der Waals surface area contributed by atoms with Gasteiger partial charge in [0, 0.05) is 17.7 Å². The second-order valence-electron chi connectivity index (χ2n) is 4.53. The molecule has 90 valence electrons.